The van der Waals surface area contributed by atoms with E-state index in [1.54, 1.807) is 6.08 Å². The Morgan fingerprint density at radius 1 is 0.526 bits per heavy atom. The van der Waals surface area contributed by atoms with Gasteiger partial charge in [-0.2, -0.15) is 0 Å². The van der Waals surface area contributed by atoms with Gasteiger partial charge in [-0.3, -0.25) is 9.59 Å². The molecule has 1 fully saturated rings. The molecular weight excluding hydrogens is 979 g/mol. The van der Waals surface area contributed by atoms with Gasteiger partial charge < -0.3 is 45.1 Å². The summed E-state index contributed by atoms with van der Waals surface area (Å²) in [5.74, 6) is -1.22. The van der Waals surface area contributed by atoms with E-state index in [0.29, 0.717) is 12.8 Å². The summed E-state index contributed by atoms with van der Waals surface area (Å²) in [6.45, 7) is 5.61. The first-order chi connectivity index (χ1) is 38.2. The van der Waals surface area contributed by atoms with Crippen LogP contribution in [0.1, 0.15) is 265 Å². The molecule has 1 rings (SSSR count). The fourth-order valence-electron chi connectivity index (χ4n) is 9.54. The van der Waals surface area contributed by atoms with Crippen LogP contribution in [0, 0.1) is 0 Å². The molecule has 6 N–H and O–H groups in total. The van der Waals surface area contributed by atoms with Crippen LogP contribution in [0.2, 0.25) is 0 Å². The minimum absolute atomic E-state index is 0.0976. The lowest BCUT2D eigenvalue weighted by Gasteiger charge is -2.41. The summed E-state index contributed by atoms with van der Waals surface area (Å²) in [6.07, 6.45) is 60.6. The Bertz CT molecular complexity index is 1590. The minimum atomic E-state index is -1.63. The number of rotatable bonds is 53. The van der Waals surface area contributed by atoms with Crippen molar-refractivity contribution in [3.05, 3.63) is 85.1 Å². The fraction of sp³-hybridized carbons (Fsp3) is 0.761. The van der Waals surface area contributed by atoms with E-state index >= 15 is 0 Å². The van der Waals surface area contributed by atoms with Crippen molar-refractivity contribution in [2.45, 2.75) is 314 Å². The van der Waals surface area contributed by atoms with Crippen molar-refractivity contribution in [3.63, 3.8) is 0 Å². The summed E-state index contributed by atoms with van der Waals surface area (Å²) in [4.78, 5) is 26.5. The zero-order valence-corrected chi connectivity index (χ0v) is 49.8. The SMILES string of the molecule is CC/C=C/C=C/C=C\CCCCCCCC(=O)OC1C(OCC(NC(=O)C(O)CCCCCCCCCCCCC/C=C\C/C=C\C/C=C\CCCCC)C(O)/C=C/CCCCCCCCCCCC)OC(CO)C(O)C1O. The second-order valence-electron chi connectivity index (χ2n) is 21.8. The number of hydrogen-bond donors (Lipinski definition) is 6. The number of aliphatic hydroxyl groups excluding tert-OH is 5. The number of esters is 1. The second-order valence-corrected chi connectivity index (χ2v) is 21.8. The Kier molecular flexibility index (Phi) is 50.8. The van der Waals surface area contributed by atoms with Crippen LogP contribution in [-0.2, 0) is 23.8 Å². The van der Waals surface area contributed by atoms with Crippen LogP contribution >= 0.6 is 0 Å². The highest BCUT2D eigenvalue weighted by atomic mass is 16.7. The molecule has 0 aromatic carbocycles. The standard InChI is InChI=1S/C67H117NO10/c1-4-7-10-13-16-19-22-25-26-27-28-29-30-31-32-33-34-35-37-39-42-45-48-51-54-60(71)66(75)68-58(59(70)53-50-47-44-41-38-24-21-18-15-12-9-6-3)57-76-67-65(64(74)63(73)61(56-69)77-67)78-62(72)55-52-49-46-43-40-36-23-20-17-14-11-8-5-2/h8,11,14,16-17,19-20,23,25-26,28-29,50,53,58-61,63-65,67,69-71,73-74H,4-7,9-10,12-13,15,18,21-22,24,27,30-49,51-52,54-57H2,1-3H3,(H,68,75)/b11-8+,17-14+,19-16-,23-20-,26-25-,29-28-,53-50+. The van der Waals surface area contributed by atoms with Crippen LogP contribution in [-0.4, -0.2) is 99.6 Å². The lowest BCUT2D eigenvalue weighted by Crippen LogP contribution is -2.61. The van der Waals surface area contributed by atoms with Crippen LogP contribution in [0.15, 0.2) is 85.1 Å². The predicted molar refractivity (Wildman–Crippen MR) is 324 cm³/mol. The van der Waals surface area contributed by atoms with E-state index < -0.39 is 67.4 Å². The molecule has 1 aliphatic rings. The van der Waals surface area contributed by atoms with Crippen molar-refractivity contribution in [3.8, 4) is 0 Å². The molecule has 11 nitrogen and oxygen atoms in total. The minimum Gasteiger partial charge on any atom is -0.454 e. The van der Waals surface area contributed by atoms with Gasteiger partial charge in [0.1, 0.15) is 24.4 Å². The topological polar surface area (TPSA) is 175 Å². The van der Waals surface area contributed by atoms with Crippen LogP contribution in [0.3, 0.4) is 0 Å². The normalized spacial score (nSPS) is 19.5. The van der Waals surface area contributed by atoms with Crippen molar-refractivity contribution in [1.82, 2.24) is 5.32 Å². The number of hydrogen-bond acceptors (Lipinski definition) is 10. The highest BCUT2D eigenvalue weighted by Crippen LogP contribution is 2.26. The molecule has 0 spiro atoms. The van der Waals surface area contributed by atoms with Gasteiger partial charge >= 0.3 is 5.97 Å². The summed E-state index contributed by atoms with van der Waals surface area (Å²) >= 11 is 0. The number of unbranched alkanes of at least 4 members (excludes halogenated alkanes) is 29. The first kappa shape index (κ1) is 72.9. The molecule has 78 heavy (non-hydrogen) atoms. The molecule has 1 heterocycles. The van der Waals surface area contributed by atoms with Gasteiger partial charge in [0.15, 0.2) is 12.4 Å². The maximum absolute atomic E-state index is 13.4. The first-order valence-corrected chi connectivity index (χ1v) is 31.9. The van der Waals surface area contributed by atoms with E-state index in [-0.39, 0.29) is 19.4 Å². The van der Waals surface area contributed by atoms with Gasteiger partial charge in [-0.15, -0.1) is 0 Å². The monoisotopic (exact) mass is 1100 g/mol. The molecule has 0 bridgehead atoms. The highest BCUT2D eigenvalue weighted by Gasteiger charge is 2.47. The maximum atomic E-state index is 13.4. The Balaban J connectivity index is 2.63. The first-order valence-electron chi connectivity index (χ1n) is 31.9. The molecule has 450 valence electrons. The third-order valence-electron chi connectivity index (χ3n) is 14.6. The van der Waals surface area contributed by atoms with Gasteiger partial charge in [0.25, 0.3) is 0 Å². The molecule has 1 saturated heterocycles. The number of aliphatic hydroxyl groups is 5. The van der Waals surface area contributed by atoms with Gasteiger partial charge in [-0.25, -0.2) is 0 Å². The molecule has 0 aromatic heterocycles. The van der Waals surface area contributed by atoms with E-state index in [4.69, 9.17) is 14.2 Å². The van der Waals surface area contributed by atoms with Gasteiger partial charge in [0.2, 0.25) is 5.91 Å². The molecule has 0 saturated carbocycles. The van der Waals surface area contributed by atoms with E-state index in [0.717, 1.165) is 96.3 Å². The van der Waals surface area contributed by atoms with E-state index in [1.807, 2.05) is 24.3 Å². The van der Waals surface area contributed by atoms with Crippen LogP contribution < -0.4 is 5.32 Å². The number of carbonyl (C=O) groups excluding carboxylic acids is 2. The van der Waals surface area contributed by atoms with Crippen molar-refractivity contribution in [2.75, 3.05) is 13.2 Å². The number of nitrogens with one attached hydrogen (secondary N) is 1. The Morgan fingerprint density at radius 3 is 1.51 bits per heavy atom. The molecule has 11 heteroatoms. The molecular formula is C67H117NO10. The number of carbonyl (C=O) groups is 2. The quantitative estimate of drug-likeness (QED) is 0.0149. The van der Waals surface area contributed by atoms with Crippen LogP contribution in [0.25, 0.3) is 0 Å². The lowest BCUT2D eigenvalue weighted by molar-refractivity contribution is -0.305. The van der Waals surface area contributed by atoms with E-state index in [1.165, 1.54) is 122 Å². The maximum Gasteiger partial charge on any atom is 0.306 e. The molecule has 1 aliphatic heterocycles. The van der Waals surface area contributed by atoms with Gasteiger partial charge in [-0.1, -0.05) is 260 Å². The van der Waals surface area contributed by atoms with Gasteiger partial charge in [-0.05, 0) is 83.5 Å². The summed E-state index contributed by atoms with van der Waals surface area (Å²) in [5, 5.41) is 57.0. The number of allylic oxidation sites excluding steroid dienone is 13. The molecule has 0 radical (unpaired) electrons. The van der Waals surface area contributed by atoms with Crippen LogP contribution in [0.4, 0.5) is 0 Å². The zero-order valence-electron chi connectivity index (χ0n) is 49.8. The Labute approximate surface area is 476 Å². The average Bonchev–Trinajstić information content (AvgIpc) is 3.44. The van der Waals surface area contributed by atoms with Crippen molar-refractivity contribution >= 4 is 11.9 Å². The zero-order chi connectivity index (χ0) is 56.8. The third-order valence-corrected chi connectivity index (χ3v) is 14.6. The highest BCUT2D eigenvalue weighted by molar-refractivity contribution is 5.80. The van der Waals surface area contributed by atoms with Crippen molar-refractivity contribution in [2.24, 2.45) is 0 Å². The number of amides is 1. The predicted octanol–water partition coefficient (Wildman–Crippen LogP) is 15.3. The van der Waals surface area contributed by atoms with Crippen LogP contribution in [0.5, 0.6) is 0 Å². The Hall–Kier alpha value is -3.16. The smallest absolute Gasteiger partial charge is 0.306 e. The van der Waals surface area contributed by atoms with Crippen molar-refractivity contribution in [1.29, 1.82) is 0 Å². The van der Waals surface area contributed by atoms with Gasteiger partial charge in [0, 0.05) is 6.42 Å². The van der Waals surface area contributed by atoms with E-state index in [9.17, 15) is 35.1 Å². The molecule has 0 aliphatic carbocycles. The summed E-state index contributed by atoms with van der Waals surface area (Å²) in [6, 6.07) is -1.03. The summed E-state index contributed by atoms with van der Waals surface area (Å²) in [5.41, 5.74) is 0. The fourth-order valence-corrected chi connectivity index (χ4v) is 9.54. The summed E-state index contributed by atoms with van der Waals surface area (Å²) < 4.78 is 17.6. The largest absolute Gasteiger partial charge is 0.454 e. The lowest BCUT2D eigenvalue weighted by atomic mass is 9.99. The van der Waals surface area contributed by atoms with E-state index in [2.05, 4.69) is 80.8 Å². The Morgan fingerprint density at radius 2 is 0.974 bits per heavy atom. The van der Waals surface area contributed by atoms with Gasteiger partial charge in [0.05, 0.1) is 25.4 Å². The molecule has 8 unspecified atom stereocenters. The average molecular weight is 1100 g/mol. The second kappa shape index (κ2) is 54.4. The molecule has 8 atom stereocenters. The number of ether oxygens (including phenoxy) is 3. The third kappa shape index (κ3) is 41.8. The van der Waals surface area contributed by atoms with Crippen molar-refractivity contribution < 1.29 is 49.3 Å². The molecule has 1 amide bonds. The molecule has 0 aromatic rings. The summed E-state index contributed by atoms with van der Waals surface area (Å²) in [7, 11) is 0.